The third-order valence-electron chi connectivity index (χ3n) is 3.09. The zero-order valence-electron chi connectivity index (χ0n) is 13.1. The molecular weight excluding hydrogens is 316 g/mol. The fourth-order valence-corrected chi connectivity index (χ4v) is 2.24. The Bertz CT molecular complexity index is 458. The number of carbonyl (C=O) groups excluding carboxylic acids is 1. The molecule has 0 aromatic heterocycles. The second-order valence-electron chi connectivity index (χ2n) is 5.91. The number of aryl methyl sites for hydroxylation is 1. The molecule has 0 atom stereocenters. The van der Waals surface area contributed by atoms with Crippen LogP contribution < -0.4 is 0 Å². The van der Waals surface area contributed by atoms with Crippen molar-refractivity contribution in [2.24, 2.45) is 5.92 Å². The van der Waals surface area contributed by atoms with Crippen LogP contribution in [-0.4, -0.2) is 49.4 Å². The highest BCUT2D eigenvalue weighted by atomic mass is 79.9. The number of rotatable bonds is 6. The lowest BCUT2D eigenvalue weighted by Crippen LogP contribution is -2.39. The van der Waals surface area contributed by atoms with Gasteiger partial charge in [-0.05, 0) is 50.7 Å². The van der Waals surface area contributed by atoms with E-state index < -0.39 is 0 Å². The molecule has 0 N–H and O–H groups in total. The van der Waals surface area contributed by atoms with Gasteiger partial charge in [0, 0.05) is 29.7 Å². The van der Waals surface area contributed by atoms with E-state index in [2.05, 4.69) is 34.7 Å². The average Bonchev–Trinajstić information content (AvgIpc) is 2.36. The fourth-order valence-electron chi connectivity index (χ4n) is 2.00. The smallest absolute Gasteiger partial charge is 0.253 e. The monoisotopic (exact) mass is 340 g/mol. The van der Waals surface area contributed by atoms with Crippen LogP contribution in [0.5, 0.6) is 0 Å². The van der Waals surface area contributed by atoms with E-state index in [4.69, 9.17) is 0 Å². The Labute approximate surface area is 131 Å². The minimum absolute atomic E-state index is 0.121. The van der Waals surface area contributed by atoms with Gasteiger partial charge in [0.05, 0.1) is 0 Å². The van der Waals surface area contributed by atoms with Gasteiger partial charge in [0.1, 0.15) is 0 Å². The molecule has 0 saturated carbocycles. The molecule has 0 heterocycles. The number of likely N-dealkylation sites (N-methyl/N-ethyl adjacent to an activating group) is 1. The van der Waals surface area contributed by atoms with Crippen molar-refractivity contribution in [2.45, 2.75) is 20.8 Å². The summed E-state index contributed by atoms with van der Waals surface area (Å²) in [6.45, 7) is 8.73. The Morgan fingerprint density at radius 1 is 1.25 bits per heavy atom. The molecule has 20 heavy (non-hydrogen) atoms. The Hall–Kier alpha value is -0.870. The highest BCUT2D eigenvalue weighted by molar-refractivity contribution is 9.10. The van der Waals surface area contributed by atoms with Crippen molar-refractivity contribution in [3.63, 3.8) is 0 Å². The molecule has 112 valence electrons. The summed E-state index contributed by atoms with van der Waals surface area (Å²) in [5, 5.41) is 0. The molecular formula is C16H25BrN2O. The van der Waals surface area contributed by atoms with Gasteiger partial charge in [0.25, 0.3) is 5.91 Å². The van der Waals surface area contributed by atoms with Gasteiger partial charge in [-0.2, -0.15) is 0 Å². The molecule has 1 aromatic carbocycles. The van der Waals surface area contributed by atoms with Crippen LogP contribution in [-0.2, 0) is 0 Å². The van der Waals surface area contributed by atoms with E-state index in [1.807, 2.05) is 44.1 Å². The maximum Gasteiger partial charge on any atom is 0.253 e. The first-order valence-electron chi connectivity index (χ1n) is 7.01. The van der Waals surface area contributed by atoms with Gasteiger partial charge in [0.2, 0.25) is 0 Å². The molecule has 0 aliphatic rings. The second kappa shape index (κ2) is 7.79. The minimum atomic E-state index is 0.121. The van der Waals surface area contributed by atoms with Crippen LogP contribution in [0.15, 0.2) is 22.7 Å². The van der Waals surface area contributed by atoms with Crippen molar-refractivity contribution >= 4 is 21.8 Å². The molecule has 3 nitrogen and oxygen atoms in total. The van der Waals surface area contributed by atoms with Gasteiger partial charge in [-0.3, -0.25) is 4.79 Å². The van der Waals surface area contributed by atoms with Crippen molar-refractivity contribution in [1.29, 1.82) is 0 Å². The Morgan fingerprint density at radius 3 is 2.40 bits per heavy atom. The zero-order chi connectivity index (χ0) is 15.3. The standard InChI is InChI=1S/C16H25BrN2O/c1-12(2)11-19(9-8-18(4)5)16(20)14-6-7-15(17)13(3)10-14/h6-7,10,12H,8-9,11H2,1-5H3. The van der Waals surface area contributed by atoms with Crippen LogP contribution in [0.2, 0.25) is 0 Å². The third-order valence-corrected chi connectivity index (χ3v) is 3.98. The number of hydrogen-bond acceptors (Lipinski definition) is 2. The van der Waals surface area contributed by atoms with E-state index >= 15 is 0 Å². The molecule has 1 amide bonds. The first-order valence-corrected chi connectivity index (χ1v) is 7.80. The number of amides is 1. The van der Waals surface area contributed by atoms with E-state index in [1.165, 1.54) is 0 Å². The summed E-state index contributed by atoms with van der Waals surface area (Å²) in [5.74, 6) is 0.591. The predicted molar refractivity (Wildman–Crippen MR) is 88.2 cm³/mol. The minimum Gasteiger partial charge on any atom is -0.337 e. The predicted octanol–water partition coefficient (Wildman–Crippen LogP) is 3.42. The Kier molecular flexibility index (Phi) is 6.69. The summed E-state index contributed by atoms with van der Waals surface area (Å²) in [6, 6.07) is 5.79. The maximum atomic E-state index is 12.6. The summed E-state index contributed by atoms with van der Waals surface area (Å²) < 4.78 is 1.04. The van der Waals surface area contributed by atoms with Crippen LogP contribution >= 0.6 is 15.9 Å². The van der Waals surface area contributed by atoms with E-state index in [0.29, 0.717) is 5.92 Å². The van der Waals surface area contributed by atoms with E-state index in [9.17, 15) is 4.79 Å². The van der Waals surface area contributed by atoms with E-state index in [1.54, 1.807) is 0 Å². The van der Waals surface area contributed by atoms with Gasteiger partial charge in [-0.15, -0.1) is 0 Å². The highest BCUT2D eigenvalue weighted by Gasteiger charge is 2.17. The topological polar surface area (TPSA) is 23.6 Å². The molecule has 0 bridgehead atoms. The number of halogens is 1. The largest absolute Gasteiger partial charge is 0.337 e. The summed E-state index contributed by atoms with van der Waals surface area (Å²) in [6.07, 6.45) is 0. The normalized spacial score (nSPS) is 11.2. The van der Waals surface area contributed by atoms with Gasteiger partial charge < -0.3 is 9.80 Å². The van der Waals surface area contributed by atoms with Crippen LogP contribution in [0.4, 0.5) is 0 Å². The number of benzene rings is 1. The molecule has 0 aliphatic carbocycles. The van der Waals surface area contributed by atoms with Crippen LogP contribution in [0.1, 0.15) is 29.8 Å². The molecule has 1 aromatic rings. The highest BCUT2D eigenvalue weighted by Crippen LogP contribution is 2.18. The summed E-state index contributed by atoms with van der Waals surface area (Å²) in [4.78, 5) is 16.7. The number of nitrogens with zero attached hydrogens (tertiary/aromatic N) is 2. The average molecular weight is 341 g/mol. The Morgan fingerprint density at radius 2 is 1.90 bits per heavy atom. The quantitative estimate of drug-likeness (QED) is 0.792. The molecule has 1 rings (SSSR count). The van der Waals surface area contributed by atoms with Gasteiger partial charge in [-0.25, -0.2) is 0 Å². The SMILES string of the molecule is Cc1cc(C(=O)N(CCN(C)C)CC(C)C)ccc1Br. The molecule has 0 saturated heterocycles. The van der Waals surface area contributed by atoms with Crippen LogP contribution in [0, 0.1) is 12.8 Å². The van der Waals surface area contributed by atoms with Gasteiger partial charge in [-0.1, -0.05) is 29.8 Å². The first-order chi connectivity index (χ1) is 9.31. The lowest BCUT2D eigenvalue weighted by molar-refractivity contribution is 0.0724. The van der Waals surface area contributed by atoms with Crippen molar-refractivity contribution in [3.8, 4) is 0 Å². The maximum absolute atomic E-state index is 12.6. The van der Waals surface area contributed by atoms with Crippen molar-refractivity contribution < 1.29 is 4.79 Å². The van der Waals surface area contributed by atoms with Crippen LogP contribution in [0.25, 0.3) is 0 Å². The van der Waals surface area contributed by atoms with Crippen molar-refractivity contribution in [1.82, 2.24) is 9.80 Å². The zero-order valence-corrected chi connectivity index (χ0v) is 14.7. The molecule has 0 aliphatic heterocycles. The molecule has 0 radical (unpaired) electrons. The second-order valence-corrected chi connectivity index (χ2v) is 6.77. The van der Waals surface area contributed by atoms with Crippen LogP contribution in [0.3, 0.4) is 0 Å². The van der Waals surface area contributed by atoms with Gasteiger partial charge in [0.15, 0.2) is 0 Å². The lowest BCUT2D eigenvalue weighted by atomic mass is 10.1. The first kappa shape index (κ1) is 17.2. The fraction of sp³-hybridized carbons (Fsp3) is 0.562. The van der Waals surface area contributed by atoms with Crippen molar-refractivity contribution in [3.05, 3.63) is 33.8 Å². The Balaban J connectivity index is 2.87. The number of carbonyl (C=O) groups is 1. The molecule has 4 heteroatoms. The summed E-state index contributed by atoms with van der Waals surface area (Å²) in [7, 11) is 4.06. The number of hydrogen-bond donors (Lipinski definition) is 0. The molecule has 0 spiro atoms. The molecule has 0 unspecified atom stereocenters. The lowest BCUT2D eigenvalue weighted by Gasteiger charge is -2.26. The van der Waals surface area contributed by atoms with E-state index in [0.717, 1.165) is 35.2 Å². The van der Waals surface area contributed by atoms with E-state index in [-0.39, 0.29) is 5.91 Å². The van der Waals surface area contributed by atoms with Crippen molar-refractivity contribution in [2.75, 3.05) is 33.7 Å². The third kappa shape index (κ3) is 5.25. The summed E-state index contributed by atoms with van der Waals surface area (Å²) in [5.41, 5.74) is 1.86. The van der Waals surface area contributed by atoms with Gasteiger partial charge >= 0.3 is 0 Å². The summed E-state index contributed by atoms with van der Waals surface area (Å²) >= 11 is 3.47. The molecule has 0 fully saturated rings.